The molecule has 1 aromatic heterocycles. The number of carbonyl (C=O) groups excluding carboxylic acids is 2. The second kappa shape index (κ2) is 6.67. The molecule has 2 fully saturated rings. The van der Waals surface area contributed by atoms with Gasteiger partial charge >= 0.3 is 0 Å². The van der Waals surface area contributed by atoms with E-state index in [-0.39, 0.29) is 29.7 Å². The van der Waals surface area contributed by atoms with Crippen molar-refractivity contribution >= 4 is 11.8 Å². The van der Waals surface area contributed by atoms with Gasteiger partial charge in [0.1, 0.15) is 11.7 Å². The SMILES string of the molecule is C[C@H]1OCCN[C@@H]1C(=O)N1CCCC(c2cc(C(N)=O)n[nH]2)C1. The minimum Gasteiger partial charge on any atom is -0.375 e. The Morgan fingerprint density at radius 3 is 3.00 bits per heavy atom. The monoisotopic (exact) mass is 321 g/mol. The second-order valence-electron chi connectivity index (χ2n) is 6.20. The number of carbonyl (C=O) groups is 2. The van der Waals surface area contributed by atoms with Crippen LogP contribution < -0.4 is 11.1 Å². The van der Waals surface area contributed by atoms with Crippen LogP contribution in [0.15, 0.2) is 6.07 Å². The maximum Gasteiger partial charge on any atom is 0.269 e. The number of primary amides is 1. The Morgan fingerprint density at radius 1 is 1.48 bits per heavy atom. The van der Waals surface area contributed by atoms with E-state index < -0.39 is 5.91 Å². The number of amides is 2. The second-order valence-corrected chi connectivity index (χ2v) is 6.20. The molecule has 8 heteroatoms. The van der Waals surface area contributed by atoms with E-state index in [2.05, 4.69) is 15.5 Å². The fourth-order valence-electron chi connectivity index (χ4n) is 3.31. The van der Waals surface area contributed by atoms with E-state index in [1.807, 2.05) is 11.8 Å². The summed E-state index contributed by atoms with van der Waals surface area (Å²) in [6.07, 6.45) is 1.75. The van der Waals surface area contributed by atoms with E-state index in [1.54, 1.807) is 6.07 Å². The lowest BCUT2D eigenvalue weighted by Gasteiger charge is -2.37. The standard InChI is InChI=1S/C15H23N5O3/c1-9-13(17-4-6-23-9)15(22)20-5-2-3-10(8-20)11-7-12(14(16)21)19-18-11/h7,9-10,13,17H,2-6,8H2,1H3,(H2,16,21)(H,18,19)/t9-,10?,13+/m1/s1. The predicted molar refractivity (Wildman–Crippen MR) is 82.9 cm³/mol. The van der Waals surface area contributed by atoms with Gasteiger partial charge in [0.25, 0.3) is 5.91 Å². The van der Waals surface area contributed by atoms with Gasteiger partial charge in [-0.05, 0) is 25.8 Å². The lowest BCUT2D eigenvalue weighted by atomic mass is 9.93. The maximum absolute atomic E-state index is 12.7. The number of likely N-dealkylation sites (tertiary alicyclic amines) is 1. The number of aromatic nitrogens is 2. The lowest BCUT2D eigenvalue weighted by molar-refractivity contribution is -0.140. The molecular weight excluding hydrogens is 298 g/mol. The molecule has 2 amide bonds. The van der Waals surface area contributed by atoms with Crippen LogP contribution in [0.4, 0.5) is 0 Å². The van der Waals surface area contributed by atoms with Crippen molar-refractivity contribution in [3.8, 4) is 0 Å². The molecule has 23 heavy (non-hydrogen) atoms. The first-order chi connectivity index (χ1) is 11.1. The van der Waals surface area contributed by atoms with Crippen molar-refractivity contribution in [1.82, 2.24) is 20.4 Å². The number of aromatic amines is 1. The Hall–Kier alpha value is -1.93. The number of nitrogens with one attached hydrogen (secondary N) is 2. The van der Waals surface area contributed by atoms with Crippen molar-refractivity contribution in [1.29, 1.82) is 0 Å². The number of nitrogens with zero attached hydrogens (tertiary/aromatic N) is 2. The normalized spacial score (nSPS) is 28.6. The van der Waals surface area contributed by atoms with Gasteiger partial charge in [0.05, 0.1) is 12.7 Å². The van der Waals surface area contributed by atoms with Crippen LogP contribution in [-0.4, -0.2) is 65.3 Å². The van der Waals surface area contributed by atoms with Gasteiger partial charge in [-0.2, -0.15) is 5.10 Å². The number of ether oxygens (including phenoxy) is 1. The number of morpholine rings is 1. The van der Waals surface area contributed by atoms with Gasteiger partial charge in [0, 0.05) is 31.2 Å². The summed E-state index contributed by atoms with van der Waals surface area (Å²) in [4.78, 5) is 25.8. The highest BCUT2D eigenvalue weighted by atomic mass is 16.5. The molecule has 3 atom stereocenters. The summed E-state index contributed by atoms with van der Waals surface area (Å²) in [6, 6.07) is 1.40. The number of nitrogens with two attached hydrogens (primary N) is 1. The van der Waals surface area contributed by atoms with Gasteiger partial charge in [-0.25, -0.2) is 0 Å². The van der Waals surface area contributed by atoms with E-state index in [0.29, 0.717) is 19.7 Å². The lowest BCUT2D eigenvalue weighted by Crippen LogP contribution is -2.57. The summed E-state index contributed by atoms with van der Waals surface area (Å²) in [5, 5.41) is 10.0. The zero-order chi connectivity index (χ0) is 16.4. The van der Waals surface area contributed by atoms with Gasteiger partial charge in [-0.1, -0.05) is 0 Å². The zero-order valence-electron chi connectivity index (χ0n) is 13.2. The summed E-state index contributed by atoms with van der Waals surface area (Å²) in [5.41, 5.74) is 6.33. The molecule has 3 heterocycles. The molecule has 2 saturated heterocycles. The van der Waals surface area contributed by atoms with Crippen LogP contribution in [0.25, 0.3) is 0 Å². The van der Waals surface area contributed by atoms with Gasteiger partial charge in [-0.3, -0.25) is 14.7 Å². The first kappa shape index (κ1) is 15.9. The summed E-state index contributed by atoms with van der Waals surface area (Å²) >= 11 is 0. The van der Waals surface area contributed by atoms with Crippen molar-refractivity contribution in [2.45, 2.75) is 37.8 Å². The number of H-pyrrole nitrogens is 1. The molecule has 0 radical (unpaired) electrons. The minimum atomic E-state index is -0.548. The summed E-state index contributed by atoms with van der Waals surface area (Å²) in [5.74, 6) is -0.321. The van der Waals surface area contributed by atoms with Gasteiger partial charge in [0.2, 0.25) is 5.91 Å². The van der Waals surface area contributed by atoms with Crippen LogP contribution in [0.1, 0.15) is 41.9 Å². The molecule has 1 unspecified atom stereocenters. The predicted octanol–water partition coefficient (Wildman–Crippen LogP) is -0.408. The third-order valence-corrected chi connectivity index (χ3v) is 4.61. The molecule has 126 valence electrons. The van der Waals surface area contributed by atoms with E-state index >= 15 is 0 Å². The van der Waals surface area contributed by atoms with Crippen LogP contribution >= 0.6 is 0 Å². The number of hydrogen-bond donors (Lipinski definition) is 3. The van der Waals surface area contributed by atoms with E-state index in [1.165, 1.54) is 0 Å². The summed E-state index contributed by atoms with van der Waals surface area (Å²) in [7, 11) is 0. The fraction of sp³-hybridized carbons (Fsp3) is 0.667. The van der Waals surface area contributed by atoms with Crippen LogP contribution in [0.5, 0.6) is 0 Å². The highest BCUT2D eigenvalue weighted by Crippen LogP contribution is 2.26. The topological polar surface area (TPSA) is 113 Å². The molecule has 2 aliphatic rings. The van der Waals surface area contributed by atoms with E-state index in [0.717, 1.165) is 25.1 Å². The average molecular weight is 321 g/mol. The van der Waals surface area contributed by atoms with Crippen molar-refractivity contribution in [3.63, 3.8) is 0 Å². The fourth-order valence-corrected chi connectivity index (χ4v) is 3.31. The van der Waals surface area contributed by atoms with Gasteiger partial charge in [0.15, 0.2) is 0 Å². The Bertz CT molecular complexity index is 587. The first-order valence-electron chi connectivity index (χ1n) is 8.05. The van der Waals surface area contributed by atoms with Gasteiger partial charge < -0.3 is 20.7 Å². The van der Waals surface area contributed by atoms with Crippen molar-refractivity contribution in [3.05, 3.63) is 17.5 Å². The van der Waals surface area contributed by atoms with Crippen molar-refractivity contribution < 1.29 is 14.3 Å². The molecular formula is C15H23N5O3. The van der Waals surface area contributed by atoms with Crippen LogP contribution in [0.3, 0.4) is 0 Å². The molecule has 0 spiro atoms. The van der Waals surface area contributed by atoms with E-state index in [9.17, 15) is 9.59 Å². The van der Waals surface area contributed by atoms with Crippen LogP contribution in [0.2, 0.25) is 0 Å². The zero-order valence-corrected chi connectivity index (χ0v) is 13.2. The molecule has 0 saturated carbocycles. The van der Waals surface area contributed by atoms with Gasteiger partial charge in [-0.15, -0.1) is 0 Å². The molecule has 8 nitrogen and oxygen atoms in total. The highest BCUT2D eigenvalue weighted by molar-refractivity contribution is 5.90. The molecule has 2 aliphatic heterocycles. The van der Waals surface area contributed by atoms with E-state index in [4.69, 9.17) is 10.5 Å². The Balaban J connectivity index is 1.67. The molecule has 0 aromatic carbocycles. The Labute approximate surface area is 134 Å². The molecule has 3 rings (SSSR count). The third-order valence-electron chi connectivity index (χ3n) is 4.61. The smallest absolute Gasteiger partial charge is 0.269 e. The number of hydrogen-bond acceptors (Lipinski definition) is 5. The first-order valence-corrected chi connectivity index (χ1v) is 8.05. The summed E-state index contributed by atoms with van der Waals surface area (Å²) < 4.78 is 5.57. The number of piperidine rings is 1. The largest absolute Gasteiger partial charge is 0.375 e. The van der Waals surface area contributed by atoms with Crippen LogP contribution in [-0.2, 0) is 9.53 Å². The number of rotatable bonds is 3. The quantitative estimate of drug-likeness (QED) is 0.700. The molecule has 4 N–H and O–H groups in total. The minimum absolute atomic E-state index is 0.0801. The molecule has 1 aromatic rings. The Morgan fingerprint density at radius 2 is 2.30 bits per heavy atom. The van der Waals surface area contributed by atoms with Crippen molar-refractivity contribution in [2.75, 3.05) is 26.2 Å². The molecule has 0 aliphatic carbocycles. The third kappa shape index (κ3) is 3.37. The summed E-state index contributed by atoms with van der Waals surface area (Å²) in [6.45, 7) is 4.61. The highest BCUT2D eigenvalue weighted by Gasteiger charge is 2.34. The van der Waals surface area contributed by atoms with Crippen LogP contribution in [0, 0.1) is 0 Å². The van der Waals surface area contributed by atoms with Crippen molar-refractivity contribution in [2.24, 2.45) is 5.73 Å². The average Bonchev–Trinajstić information content (AvgIpc) is 3.05. The maximum atomic E-state index is 12.7. The molecule has 0 bridgehead atoms. The Kier molecular flexibility index (Phi) is 4.63.